The molecular weight excluding hydrogens is 208 g/mol. The van der Waals surface area contributed by atoms with E-state index in [2.05, 4.69) is 27.8 Å². The van der Waals surface area contributed by atoms with Crippen molar-refractivity contribution >= 4 is 0 Å². The fourth-order valence-corrected chi connectivity index (χ4v) is 1.67. The number of nitrogens with one attached hydrogen (secondary N) is 1. The molecule has 7 nitrogen and oxygen atoms in total. The van der Waals surface area contributed by atoms with Crippen LogP contribution in [0.25, 0.3) is 0 Å². The summed E-state index contributed by atoms with van der Waals surface area (Å²) >= 11 is 0. The number of ether oxygens (including phenoxy) is 1. The Morgan fingerprint density at radius 3 is 2.75 bits per heavy atom. The minimum atomic E-state index is 0.00847. The lowest BCUT2D eigenvalue weighted by atomic mass is 10.0. The average Bonchev–Trinajstić information content (AvgIpc) is 2.69. The molecule has 0 saturated heterocycles. The van der Waals surface area contributed by atoms with Gasteiger partial charge in [0.05, 0.1) is 19.2 Å². The highest BCUT2D eigenvalue weighted by Crippen LogP contribution is 2.09. The van der Waals surface area contributed by atoms with E-state index in [1.54, 1.807) is 14.2 Å². The van der Waals surface area contributed by atoms with Crippen molar-refractivity contribution < 1.29 is 4.74 Å². The number of hydrogen-bond acceptors (Lipinski definition) is 6. The van der Waals surface area contributed by atoms with Crippen LogP contribution in [0.1, 0.15) is 25.6 Å². The van der Waals surface area contributed by atoms with Gasteiger partial charge in [0.1, 0.15) is 0 Å². The highest BCUT2D eigenvalue weighted by atomic mass is 16.5. The summed E-state index contributed by atoms with van der Waals surface area (Å²) in [5.41, 5.74) is 2.75. The Labute approximate surface area is 95.3 Å². The summed E-state index contributed by atoms with van der Waals surface area (Å²) in [6, 6.07) is 0.00847. The summed E-state index contributed by atoms with van der Waals surface area (Å²) in [6.45, 7) is 2.11. The number of hydrazine groups is 1. The summed E-state index contributed by atoms with van der Waals surface area (Å²) in [5, 5.41) is 11.8. The van der Waals surface area contributed by atoms with Gasteiger partial charge in [-0.2, -0.15) is 4.80 Å². The van der Waals surface area contributed by atoms with Crippen molar-refractivity contribution in [2.45, 2.75) is 38.3 Å². The van der Waals surface area contributed by atoms with Crippen molar-refractivity contribution in [3.8, 4) is 0 Å². The Morgan fingerprint density at radius 2 is 2.31 bits per heavy atom. The third-order valence-corrected chi connectivity index (χ3v) is 2.49. The van der Waals surface area contributed by atoms with Crippen LogP contribution in [0.2, 0.25) is 0 Å². The van der Waals surface area contributed by atoms with Crippen molar-refractivity contribution in [2.75, 3.05) is 7.11 Å². The Balaban J connectivity index is 2.59. The van der Waals surface area contributed by atoms with Crippen LogP contribution in [0.15, 0.2) is 0 Å². The van der Waals surface area contributed by atoms with Gasteiger partial charge in [0.25, 0.3) is 0 Å². The van der Waals surface area contributed by atoms with Gasteiger partial charge in [-0.25, -0.2) is 0 Å². The molecule has 1 aromatic rings. The van der Waals surface area contributed by atoms with Crippen LogP contribution in [0.3, 0.4) is 0 Å². The third kappa shape index (κ3) is 3.51. The lowest BCUT2D eigenvalue weighted by Crippen LogP contribution is -2.46. The molecule has 0 saturated carbocycles. The summed E-state index contributed by atoms with van der Waals surface area (Å²) in [5.74, 6) is 6.19. The minimum Gasteiger partial charge on any atom is -0.380 e. The van der Waals surface area contributed by atoms with Crippen LogP contribution in [0.5, 0.6) is 0 Å². The highest BCUT2D eigenvalue weighted by Gasteiger charge is 2.21. The molecule has 1 heterocycles. The molecule has 0 bridgehead atoms. The molecule has 1 aromatic heterocycles. The molecule has 0 spiro atoms. The van der Waals surface area contributed by atoms with Crippen molar-refractivity contribution in [2.24, 2.45) is 12.9 Å². The first kappa shape index (κ1) is 13.0. The molecule has 0 amide bonds. The van der Waals surface area contributed by atoms with E-state index in [9.17, 15) is 0 Å². The Hall–Kier alpha value is -1.05. The van der Waals surface area contributed by atoms with Gasteiger partial charge in [-0.15, -0.1) is 10.2 Å². The highest BCUT2D eigenvalue weighted by molar-refractivity contribution is 4.87. The number of aromatic nitrogens is 4. The third-order valence-electron chi connectivity index (χ3n) is 2.49. The maximum absolute atomic E-state index is 5.52. The first-order valence-corrected chi connectivity index (χ1v) is 5.43. The van der Waals surface area contributed by atoms with Gasteiger partial charge in [0, 0.05) is 13.5 Å². The van der Waals surface area contributed by atoms with Gasteiger partial charge in [0.15, 0.2) is 5.82 Å². The van der Waals surface area contributed by atoms with Gasteiger partial charge in [-0.3, -0.25) is 11.3 Å². The van der Waals surface area contributed by atoms with E-state index in [1.165, 1.54) is 4.80 Å². The topological polar surface area (TPSA) is 90.9 Å². The van der Waals surface area contributed by atoms with Crippen molar-refractivity contribution in [3.05, 3.63) is 5.82 Å². The van der Waals surface area contributed by atoms with Crippen LogP contribution in [-0.4, -0.2) is 39.5 Å². The van der Waals surface area contributed by atoms with E-state index in [4.69, 9.17) is 10.6 Å². The van der Waals surface area contributed by atoms with Crippen LogP contribution < -0.4 is 11.3 Å². The van der Waals surface area contributed by atoms with Crippen molar-refractivity contribution in [1.82, 2.24) is 25.6 Å². The maximum atomic E-state index is 5.52. The van der Waals surface area contributed by atoms with Gasteiger partial charge in [0.2, 0.25) is 0 Å². The maximum Gasteiger partial charge on any atom is 0.176 e. The monoisotopic (exact) mass is 228 g/mol. The second-order valence-corrected chi connectivity index (χ2v) is 3.74. The Morgan fingerprint density at radius 1 is 1.56 bits per heavy atom. The quantitative estimate of drug-likeness (QED) is 0.478. The summed E-state index contributed by atoms with van der Waals surface area (Å²) < 4.78 is 5.40. The molecule has 7 heteroatoms. The first-order chi connectivity index (χ1) is 7.71. The zero-order chi connectivity index (χ0) is 12.0. The zero-order valence-electron chi connectivity index (χ0n) is 10.1. The van der Waals surface area contributed by atoms with E-state index < -0.39 is 0 Å². The standard InChI is InChI=1S/C9H20N6O/c1-4-5-8(16-3)7(11-10)6-9-12-14-15(2)13-9/h7-8,11H,4-6,10H2,1-3H3. The summed E-state index contributed by atoms with van der Waals surface area (Å²) in [6.07, 6.45) is 2.68. The molecule has 0 aliphatic rings. The second-order valence-electron chi connectivity index (χ2n) is 3.74. The predicted octanol–water partition coefficient (Wildman–Crippen LogP) is -0.600. The predicted molar refractivity (Wildman–Crippen MR) is 59.3 cm³/mol. The molecule has 16 heavy (non-hydrogen) atoms. The van der Waals surface area contributed by atoms with E-state index in [0.717, 1.165) is 12.8 Å². The van der Waals surface area contributed by atoms with Gasteiger partial charge in [-0.1, -0.05) is 13.3 Å². The average molecular weight is 228 g/mol. The first-order valence-electron chi connectivity index (χ1n) is 5.43. The lowest BCUT2D eigenvalue weighted by Gasteiger charge is -2.23. The zero-order valence-corrected chi connectivity index (χ0v) is 10.1. The SMILES string of the molecule is CCCC(OC)C(Cc1nnn(C)n1)NN. The molecule has 1 rings (SSSR count). The van der Waals surface area contributed by atoms with Gasteiger partial charge in [-0.05, 0) is 11.6 Å². The van der Waals surface area contributed by atoms with Crippen molar-refractivity contribution in [1.29, 1.82) is 0 Å². The number of hydrogen-bond donors (Lipinski definition) is 2. The largest absolute Gasteiger partial charge is 0.380 e. The molecule has 0 aliphatic heterocycles. The number of tetrazole rings is 1. The lowest BCUT2D eigenvalue weighted by molar-refractivity contribution is 0.0603. The second kappa shape index (κ2) is 6.51. The molecule has 2 atom stereocenters. The van der Waals surface area contributed by atoms with E-state index in [-0.39, 0.29) is 12.1 Å². The van der Waals surface area contributed by atoms with Crippen LogP contribution in [0.4, 0.5) is 0 Å². The van der Waals surface area contributed by atoms with Gasteiger partial charge >= 0.3 is 0 Å². The van der Waals surface area contributed by atoms with Crippen LogP contribution in [0, 0.1) is 0 Å². The molecular formula is C9H20N6O. The summed E-state index contributed by atoms with van der Waals surface area (Å²) in [4.78, 5) is 1.44. The van der Waals surface area contributed by atoms with Crippen LogP contribution >= 0.6 is 0 Å². The normalized spacial score (nSPS) is 15.0. The Bertz CT molecular complexity index is 302. The van der Waals surface area contributed by atoms with E-state index in [1.807, 2.05) is 0 Å². The van der Waals surface area contributed by atoms with Crippen LogP contribution in [-0.2, 0) is 18.2 Å². The number of rotatable bonds is 7. The molecule has 0 aromatic carbocycles. The Kier molecular flexibility index (Phi) is 5.30. The molecule has 92 valence electrons. The molecule has 3 N–H and O–H groups in total. The summed E-state index contributed by atoms with van der Waals surface area (Å²) in [7, 11) is 3.43. The molecule has 0 aliphatic carbocycles. The smallest absolute Gasteiger partial charge is 0.176 e. The number of nitrogens with zero attached hydrogens (tertiary/aromatic N) is 4. The molecule has 0 fully saturated rings. The fourth-order valence-electron chi connectivity index (χ4n) is 1.67. The number of nitrogens with two attached hydrogens (primary N) is 1. The number of aryl methyl sites for hydroxylation is 1. The van der Waals surface area contributed by atoms with Gasteiger partial charge < -0.3 is 4.74 Å². The molecule has 0 radical (unpaired) electrons. The number of methoxy groups -OCH3 is 1. The molecule has 2 unspecified atom stereocenters. The van der Waals surface area contributed by atoms with E-state index in [0.29, 0.717) is 12.2 Å². The van der Waals surface area contributed by atoms with E-state index >= 15 is 0 Å². The van der Waals surface area contributed by atoms with Crippen molar-refractivity contribution in [3.63, 3.8) is 0 Å². The fraction of sp³-hybridized carbons (Fsp3) is 0.889. The minimum absolute atomic E-state index is 0.00847.